The van der Waals surface area contributed by atoms with Crippen LogP contribution in [0.1, 0.15) is 23.2 Å². The van der Waals surface area contributed by atoms with Gasteiger partial charge in [-0.15, -0.1) is 0 Å². The van der Waals surface area contributed by atoms with Crippen LogP contribution < -0.4 is 10.6 Å². The largest absolute Gasteiger partial charge is 0.359 e. The molecule has 6 nitrogen and oxygen atoms in total. The van der Waals surface area contributed by atoms with Crippen LogP contribution in [0.3, 0.4) is 0 Å². The minimum atomic E-state index is -0.0217. The molecule has 3 heterocycles. The molecule has 0 aliphatic carbocycles. The Morgan fingerprint density at radius 2 is 2.14 bits per heavy atom. The van der Waals surface area contributed by atoms with Gasteiger partial charge < -0.3 is 15.6 Å². The normalized spacial score (nSPS) is 16.2. The second-order valence-electron chi connectivity index (χ2n) is 5.65. The molecule has 2 aromatic heterocycles. The molecule has 0 bridgehead atoms. The summed E-state index contributed by atoms with van der Waals surface area (Å²) in [5.74, 6) is -0.0217. The van der Waals surface area contributed by atoms with E-state index in [0.29, 0.717) is 5.56 Å². The average Bonchev–Trinajstić information content (AvgIpc) is 3.00. The monoisotopic (exact) mass is 295 g/mol. The molecular weight excluding hydrogens is 278 g/mol. The van der Waals surface area contributed by atoms with Gasteiger partial charge in [0.2, 0.25) is 0 Å². The summed E-state index contributed by atoms with van der Waals surface area (Å²) in [5, 5.41) is 8.29. The fraction of sp³-hybridized carbons (Fsp3) is 0.312. The highest BCUT2D eigenvalue weighted by atomic mass is 16.1. The van der Waals surface area contributed by atoms with Crippen molar-refractivity contribution < 1.29 is 4.79 Å². The Morgan fingerprint density at radius 3 is 3.00 bits per heavy atom. The summed E-state index contributed by atoms with van der Waals surface area (Å²) in [6, 6.07) is 4.16. The molecule has 1 aliphatic heterocycles. The summed E-state index contributed by atoms with van der Waals surface area (Å²) in [5.41, 5.74) is 2.40. The summed E-state index contributed by atoms with van der Waals surface area (Å²) < 4.78 is 0. The number of fused-ring (bicyclic) bond motifs is 3. The molecule has 3 aromatic rings. The molecule has 0 radical (unpaired) electrons. The maximum atomic E-state index is 12.5. The number of nitrogens with zero attached hydrogens (tertiary/aromatic N) is 2. The van der Waals surface area contributed by atoms with E-state index < -0.39 is 0 Å². The third-order valence-electron chi connectivity index (χ3n) is 4.25. The Kier molecular flexibility index (Phi) is 3.23. The van der Waals surface area contributed by atoms with E-state index in [-0.39, 0.29) is 11.9 Å². The molecule has 6 heteroatoms. The summed E-state index contributed by atoms with van der Waals surface area (Å²) in [6.07, 6.45) is 7.02. The number of hydrogen-bond donors (Lipinski definition) is 3. The van der Waals surface area contributed by atoms with Crippen molar-refractivity contribution >= 4 is 27.7 Å². The number of amides is 1. The summed E-state index contributed by atoms with van der Waals surface area (Å²) in [6.45, 7) is 1.92. The van der Waals surface area contributed by atoms with Gasteiger partial charge in [0.1, 0.15) is 6.33 Å². The van der Waals surface area contributed by atoms with Gasteiger partial charge >= 0.3 is 0 Å². The molecule has 0 saturated carbocycles. The van der Waals surface area contributed by atoms with E-state index in [4.69, 9.17) is 0 Å². The van der Waals surface area contributed by atoms with Crippen molar-refractivity contribution in [3.63, 3.8) is 0 Å². The molecule has 0 atom stereocenters. The molecule has 22 heavy (non-hydrogen) atoms. The van der Waals surface area contributed by atoms with Crippen LogP contribution in [-0.4, -0.2) is 40.0 Å². The molecule has 1 saturated heterocycles. The molecule has 0 unspecified atom stereocenters. The lowest BCUT2D eigenvalue weighted by Gasteiger charge is -2.23. The van der Waals surface area contributed by atoms with E-state index in [1.54, 1.807) is 12.4 Å². The van der Waals surface area contributed by atoms with E-state index in [1.165, 1.54) is 6.33 Å². The van der Waals surface area contributed by atoms with Gasteiger partial charge in [-0.05, 0) is 25.9 Å². The Hall–Kier alpha value is -2.47. The van der Waals surface area contributed by atoms with Crippen LogP contribution in [0.2, 0.25) is 0 Å². The summed E-state index contributed by atoms with van der Waals surface area (Å²) in [4.78, 5) is 24.1. The van der Waals surface area contributed by atoms with Gasteiger partial charge in [0.05, 0.1) is 16.6 Å². The number of rotatable bonds is 2. The number of aromatic amines is 1. The highest BCUT2D eigenvalue weighted by Crippen LogP contribution is 2.25. The van der Waals surface area contributed by atoms with Crippen molar-refractivity contribution in [3.05, 3.63) is 36.4 Å². The second kappa shape index (κ2) is 5.38. The van der Waals surface area contributed by atoms with E-state index in [1.807, 2.05) is 12.1 Å². The smallest absolute Gasteiger partial charge is 0.253 e. The fourth-order valence-corrected chi connectivity index (χ4v) is 3.07. The Morgan fingerprint density at radius 1 is 1.27 bits per heavy atom. The van der Waals surface area contributed by atoms with E-state index in [0.717, 1.165) is 47.7 Å². The highest BCUT2D eigenvalue weighted by Gasteiger charge is 2.19. The molecular formula is C16H17N5O. The van der Waals surface area contributed by atoms with Crippen LogP contribution in [0.5, 0.6) is 0 Å². The summed E-state index contributed by atoms with van der Waals surface area (Å²) >= 11 is 0. The maximum absolute atomic E-state index is 12.5. The van der Waals surface area contributed by atoms with Gasteiger partial charge in [-0.2, -0.15) is 0 Å². The molecule has 1 amide bonds. The first kappa shape index (κ1) is 13.2. The summed E-state index contributed by atoms with van der Waals surface area (Å²) in [7, 11) is 0. The first-order chi connectivity index (χ1) is 10.8. The number of nitrogens with one attached hydrogen (secondary N) is 3. The highest BCUT2D eigenvalue weighted by molar-refractivity contribution is 6.13. The lowest BCUT2D eigenvalue weighted by atomic mass is 10.1. The second-order valence-corrected chi connectivity index (χ2v) is 5.65. The van der Waals surface area contributed by atoms with Crippen LogP contribution >= 0.6 is 0 Å². The van der Waals surface area contributed by atoms with Gasteiger partial charge in [-0.1, -0.05) is 12.1 Å². The Balaban J connectivity index is 1.69. The standard InChI is InChI=1S/C16H17N5O/c22-16(21-11-3-5-17-6-4-11)13-8-19-15-12(13)2-1-10-7-18-9-20-14(10)15/h1-2,7-9,11,17,19H,3-6H2,(H,21,22). The fourth-order valence-electron chi connectivity index (χ4n) is 3.07. The molecule has 3 N–H and O–H groups in total. The first-order valence-corrected chi connectivity index (χ1v) is 7.54. The lowest BCUT2D eigenvalue weighted by Crippen LogP contribution is -2.42. The quantitative estimate of drug-likeness (QED) is 0.670. The molecule has 4 rings (SSSR count). The van der Waals surface area contributed by atoms with E-state index in [9.17, 15) is 4.79 Å². The van der Waals surface area contributed by atoms with Crippen molar-refractivity contribution in [3.8, 4) is 0 Å². The van der Waals surface area contributed by atoms with Crippen LogP contribution in [-0.2, 0) is 0 Å². The number of hydrogen-bond acceptors (Lipinski definition) is 4. The minimum absolute atomic E-state index is 0.0217. The third-order valence-corrected chi connectivity index (χ3v) is 4.25. The first-order valence-electron chi connectivity index (χ1n) is 7.54. The molecule has 1 aromatic carbocycles. The number of carbonyl (C=O) groups is 1. The number of benzene rings is 1. The van der Waals surface area contributed by atoms with Crippen molar-refractivity contribution in [2.24, 2.45) is 0 Å². The zero-order valence-corrected chi connectivity index (χ0v) is 12.1. The molecule has 1 fully saturated rings. The van der Waals surface area contributed by atoms with E-state index in [2.05, 4.69) is 25.6 Å². The number of aromatic nitrogens is 3. The van der Waals surface area contributed by atoms with Crippen molar-refractivity contribution in [2.75, 3.05) is 13.1 Å². The van der Waals surface area contributed by atoms with Crippen molar-refractivity contribution in [1.29, 1.82) is 0 Å². The van der Waals surface area contributed by atoms with Crippen molar-refractivity contribution in [1.82, 2.24) is 25.6 Å². The van der Waals surface area contributed by atoms with Crippen LogP contribution in [0.25, 0.3) is 21.8 Å². The van der Waals surface area contributed by atoms with Crippen LogP contribution in [0.15, 0.2) is 30.9 Å². The van der Waals surface area contributed by atoms with Crippen LogP contribution in [0, 0.1) is 0 Å². The number of carbonyl (C=O) groups excluding carboxylic acids is 1. The zero-order valence-electron chi connectivity index (χ0n) is 12.1. The van der Waals surface area contributed by atoms with E-state index >= 15 is 0 Å². The van der Waals surface area contributed by atoms with Crippen LogP contribution in [0.4, 0.5) is 0 Å². The van der Waals surface area contributed by atoms with Gasteiger partial charge in [-0.3, -0.25) is 4.79 Å². The number of H-pyrrole nitrogens is 1. The molecule has 0 spiro atoms. The number of piperidine rings is 1. The maximum Gasteiger partial charge on any atom is 0.253 e. The van der Waals surface area contributed by atoms with Gasteiger partial charge in [0.25, 0.3) is 5.91 Å². The third kappa shape index (κ3) is 2.21. The zero-order chi connectivity index (χ0) is 14.9. The predicted molar refractivity (Wildman–Crippen MR) is 84.8 cm³/mol. The average molecular weight is 295 g/mol. The van der Waals surface area contributed by atoms with Gasteiger partial charge in [0.15, 0.2) is 0 Å². The Labute approximate surface area is 127 Å². The lowest BCUT2D eigenvalue weighted by molar-refractivity contribution is 0.0931. The van der Waals surface area contributed by atoms with Gasteiger partial charge in [-0.25, -0.2) is 9.97 Å². The SMILES string of the molecule is O=C(NC1CCNCC1)c1c[nH]c2c1ccc1cncnc12. The molecule has 112 valence electrons. The molecule has 1 aliphatic rings. The predicted octanol–water partition coefficient (Wildman–Crippen LogP) is 1.59. The topological polar surface area (TPSA) is 82.7 Å². The minimum Gasteiger partial charge on any atom is -0.359 e. The Bertz CT molecular complexity index is 835. The van der Waals surface area contributed by atoms with Gasteiger partial charge in [0, 0.05) is 29.2 Å². The van der Waals surface area contributed by atoms with Crippen molar-refractivity contribution in [2.45, 2.75) is 18.9 Å².